The number of fused-ring (bicyclic) bond motifs is 1. The van der Waals surface area contributed by atoms with Gasteiger partial charge in [0.2, 0.25) is 0 Å². The van der Waals surface area contributed by atoms with Crippen molar-refractivity contribution in [3.05, 3.63) is 78.3 Å². The van der Waals surface area contributed by atoms with Gasteiger partial charge in [0, 0.05) is 13.0 Å². The van der Waals surface area contributed by atoms with Crippen LogP contribution in [0.1, 0.15) is 28.7 Å². The smallest absolute Gasteiger partial charge is 0.255 e. The molecule has 4 aromatic rings. The number of aromatic hydroxyl groups is 2. The van der Waals surface area contributed by atoms with Crippen LogP contribution in [0.3, 0.4) is 0 Å². The number of nitrogens with one attached hydrogen (secondary N) is 1. The van der Waals surface area contributed by atoms with Gasteiger partial charge in [-0.05, 0) is 42.3 Å². The van der Waals surface area contributed by atoms with E-state index in [1.807, 2.05) is 6.92 Å². The number of aliphatic hydroxyl groups is 1. The summed E-state index contributed by atoms with van der Waals surface area (Å²) in [6.07, 6.45) is 4.89. The maximum absolute atomic E-state index is 13.2. The van der Waals surface area contributed by atoms with E-state index < -0.39 is 41.7 Å². The van der Waals surface area contributed by atoms with Gasteiger partial charge >= 0.3 is 0 Å². The maximum atomic E-state index is 13.2. The van der Waals surface area contributed by atoms with Crippen molar-refractivity contribution in [3.8, 4) is 22.6 Å². The molecule has 2 aromatic carbocycles. The van der Waals surface area contributed by atoms with Crippen LogP contribution in [0.15, 0.2) is 61.2 Å². The zero-order valence-corrected chi connectivity index (χ0v) is 19.7. The average Bonchev–Trinajstić information content (AvgIpc) is 3.47. The molecule has 1 amide bonds. The number of imidazole rings is 1. The number of nitrogens with zero attached hydrogens (tertiary/aromatic N) is 4. The summed E-state index contributed by atoms with van der Waals surface area (Å²) in [7, 11) is 0. The predicted octanol–water partition coefficient (Wildman–Crippen LogP) is 2.99. The van der Waals surface area contributed by atoms with E-state index in [4.69, 9.17) is 4.74 Å². The molecular formula is C26H24FN5O5. The number of aromatic nitrogens is 4. The summed E-state index contributed by atoms with van der Waals surface area (Å²) < 4.78 is 20.9. The Labute approximate surface area is 210 Å². The molecule has 0 aliphatic carbocycles. The quantitative estimate of drug-likeness (QED) is 0.231. The van der Waals surface area contributed by atoms with Crippen molar-refractivity contribution in [2.24, 2.45) is 0 Å². The number of rotatable bonds is 6. The molecule has 4 N–H and O–H groups in total. The van der Waals surface area contributed by atoms with Crippen LogP contribution in [-0.2, 0) is 4.74 Å². The number of benzene rings is 2. The van der Waals surface area contributed by atoms with E-state index in [1.54, 1.807) is 23.0 Å². The van der Waals surface area contributed by atoms with Gasteiger partial charge in [-0.15, -0.1) is 0 Å². The molecule has 1 saturated heterocycles. The largest absolute Gasteiger partial charge is 0.504 e. The fourth-order valence-corrected chi connectivity index (χ4v) is 4.28. The minimum absolute atomic E-state index is 0.112. The highest BCUT2D eigenvalue weighted by molar-refractivity contribution is 5.99. The van der Waals surface area contributed by atoms with Crippen molar-refractivity contribution >= 4 is 17.1 Å². The van der Waals surface area contributed by atoms with Gasteiger partial charge in [0.05, 0.1) is 23.7 Å². The molecule has 1 aliphatic rings. The van der Waals surface area contributed by atoms with Crippen molar-refractivity contribution < 1.29 is 29.2 Å². The van der Waals surface area contributed by atoms with E-state index in [-0.39, 0.29) is 12.1 Å². The van der Waals surface area contributed by atoms with Gasteiger partial charge in [0.1, 0.15) is 23.8 Å². The minimum Gasteiger partial charge on any atom is -0.504 e. The third-order valence-corrected chi connectivity index (χ3v) is 6.18. The number of ether oxygens (including phenoxy) is 1. The number of phenols is 2. The molecule has 2 aromatic heterocycles. The summed E-state index contributed by atoms with van der Waals surface area (Å²) in [5, 5.41) is 33.5. The molecular weight excluding hydrogens is 481 g/mol. The van der Waals surface area contributed by atoms with Crippen LogP contribution in [-0.4, -0.2) is 59.5 Å². The topological polar surface area (TPSA) is 143 Å². The molecule has 0 unspecified atom stereocenters. The lowest BCUT2D eigenvalue weighted by Gasteiger charge is -2.16. The normalized spacial score (nSPS) is 19.6. The summed E-state index contributed by atoms with van der Waals surface area (Å²) in [4.78, 5) is 25.4. The Balaban J connectivity index is 1.23. The van der Waals surface area contributed by atoms with Crippen molar-refractivity contribution in [1.29, 1.82) is 0 Å². The third-order valence-electron chi connectivity index (χ3n) is 6.18. The molecule has 5 rings (SSSR count). The number of aliphatic hydroxyl groups excluding tert-OH is 1. The van der Waals surface area contributed by atoms with Crippen LogP contribution < -0.4 is 5.32 Å². The molecule has 190 valence electrons. The van der Waals surface area contributed by atoms with E-state index in [1.165, 1.54) is 42.7 Å². The first kappa shape index (κ1) is 24.3. The van der Waals surface area contributed by atoms with Crippen LogP contribution in [0.4, 0.5) is 4.39 Å². The van der Waals surface area contributed by atoms with Gasteiger partial charge in [-0.3, -0.25) is 9.36 Å². The standard InChI is InChI=1S/C26H24FN5O5/c1-14-22-24(30-12-29-14)32(13-31-22)26-21(34)11-18(37-26)3-2-8-28-25(36)19-9-16(10-20(33)23(19)35)15-4-6-17(27)7-5-15/h2-7,9-10,12-13,18,21,26,33-35H,8,11H2,1H3,(H,28,36)/b3-2+/t18-,21-,26-/m1/s1. The Kier molecular flexibility index (Phi) is 6.55. The number of carbonyl (C=O) groups excluding carboxylic acids is 1. The summed E-state index contributed by atoms with van der Waals surface area (Å²) in [6.45, 7) is 1.94. The molecule has 3 atom stereocenters. The predicted molar refractivity (Wildman–Crippen MR) is 131 cm³/mol. The SMILES string of the molecule is Cc1ncnc2c1ncn2[C@@H]1O[C@H](/C=C/CNC(=O)c2cc(-c3ccc(F)cc3)cc(O)c2O)C[C@H]1O. The number of hydrogen-bond donors (Lipinski definition) is 4. The van der Waals surface area contributed by atoms with Crippen LogP contribution in [0.25, 0.3) is 22.3 Å². The van der Waals surface area contributed by atoms with Crippen LogP contribution in [0.2, 0.25) is 0 Å². The minimum atomic E-state index is -0.786. The van der Waals surface area contributed by atoms with E-state index >= 15 is 0 Å². The second kappa shape index (κ2) is 9.96. The Morgan fingerprint density at radius 1 is 1.19 bits per heavy atom. The van der Waals surface area contributed by atoms with Gasteiger partial charge in [-0.2, -0.15) is 0 Å². The molecule has 11 heteroatoms. The molecule has 1 aliphatic heterocycles. The number of phenolic OH excluding ortho intramolecular Hbond substituents is 2. The van der Waals surface area contributed by atoms with Crippen LogP contribution >= 0.6 is 0 Å². The second-order valence-corrected chi connectivity index (χ2v) is 8.69. The second-order valence-electron chi connectivity index (χ2n) is 8.69. The van der Waals surface area contributed by atoms with E-state index in [0.29, 0.717) is 28.7 Å². The van der Waals surface area contributed by atoms with Crippen LogP contribution in [0, 0.1) is 12.7 Å². The first-order valence-electron chi connectivity index (χ1n) is 11.6. The zero-order valence-electron chi connectivity index (χ0n) is 19.7. The lowest BCUT2D eigenvalue weighted by molar-refractivity contribution is -0.0228. The summed E-state index contributed by atoms with van der Waals surface area (Å²) >= 11 is 0. The molecule has 0 spiro atoms. The third kappa shape index (κ3) is 4.86. The summed E-state index contributed by atoms with van der Waals surface area (Å²) in [5.74, 6) is -2.03. The lowest BCUT2D eigenvalue weighted by atomic mass is 10.0. The van der Waals surface area contributed by atoms with Gasteiger partial charge in [0.25, 0.3) is 5.91 Å². The Morgan fingerprint density at radius 3 is 2.76 bits per heavy atom. The average molecular weight is 506 g/mol. The number of carbonyl (C=O) groups is 1. The van der Waals surface area contributed by atoms with E-state index in [2.05, 4.69) is 20.3 Å². The number of hydrogen-bond acceptors (Lipinski definition) is 8. The fraction of sp³-hybridized carbons (Fsp3) is 0.231. The van der Waals surface area contributed by atoms with Crippen molar-refractivity contribution in [2.75, 3.05) is 6.54 Å². The molecule has 1 fully saturated rings. The van der Waals surface area contributed by atoms with Gasteiger partial charge in [0.15, 0.2) is 23.4 Å². The molecule has 0 bridgehead atoms. The van der Waals surface area contributed by atoms with Crippen molar-refractivity contribution in [1.82, 2.24) is 24.8 Å². The Bertz CT molecular complexity index is 1490. The Hall–Kier alpha value is -4.35. The monoisotopic (exact) mass is 505 g/mol. The fourth-order valence-electron chi connectivity index (χ4n) is 4.28. The number of aryl methyl sites for hydroxylation is 1. The maximum Gasteiger partial charge on any atom is 0.255 e. The highest BCUT2D eigenvalue weighted by Gasteiger charge is 2.35. The van der Waals surface area contributed by atoms with Crippen molar-refractivity contribution in [3.63, 3.8) is 0 Å². The zero-order chi connectivity index (χ0) is 26.1. The first-order chi connectivity index (χ1) is 17.8. The number of amides is 1. The lowest BCUT2D eigenvalue weighted by Crippen LogP contribution is -2.23. The molecule has 37 heavy (non-hydrogen) atoms. The molecule has 0 radical (unpaired) electrons. The van der Waals surface area contributed by atoms with Crippen LogP contribution in [0.5, 0.6) is 11.5 Å². The summed E-state index contributed by atoms with van der Waals surface area (Å²) in [6, 6.07) is 8.27. The highest BCUT2D eigenvalue weighted by atomic mass is 19.1. The van der Waals surface area contributed by atoms with E-state index in [9.17, 15) is 24.5 Å². The molecule has 10 nitrogen and oxygen atoms in total. The first-order valence-corrected chi connectivity index (χ1v) is 11.6. The highest BCUT2D eigenvalue weighted by Crippen LogP contribution is 2.35. The molecule has 3 heterocycles. The number of halogens is 1. The van der Waals surface area contributed by atoms with Gasteiger partial charge < -0.3 is 25.4 Å². The summed E-state index contributed by atoms with van der Waals surface area (Å²) in [5.41, 5.74) is 2.83. The Morgan fingerprint density at radius 2 is 1.97 bits per heavy atom. The van der Waals surface area contributed by atoms with Gasteiger partial charge in [-0.1, -0.05) is 24.3 Å². The molecule has 0 saturated carbocycles. The van der Waals surface area contributed by atoms with Crippen molar-refractivity contribution in [2.45, 2.75) is 31.8 Å². The van der Waals surface area contributed by atoms with Gasteiger partial charge in [-0.25, -0.2) is 19.3 Å². The van der Waals surface area contributed by atoms with E-state index in [0.717, 1.165) is 5.69 Å².